The van der Waals surface area contributed by atoms with Crippen molar-refractivity contribution in [2.24, 2.45) is 0 Å². The number of aromatic nitrogens is 4. The van der Waals surface area contributed by atoms with Crippen molar-refractivity contribution in [1.29, 1.82) is 0 Å². The molecule has 1 amide bonds. The van der Waals surface area contributed by atoms with E-state index >= 15 is 4.39 Å². The first-order valence-electron chi connectivity index (χ1n) is 12.7. The lowest BCUT2D eigenvalue weighted by Gasteiger charge is -2.34. The van der Waals surface area contributed by atoms with Crippen LogP contribution in [0.1, 0.15) is 39.7 Å². The molecule has 0 radical (unpaired) electrons. The van der Waals surface area contributed by atoms with Crippen LogP contribution < -0.4 is 10.5 Å². The zero-order valence-corrected chi connectivity index (χ0v) is 22.2. The van der Waals surface area contributed by atoms with Crippen molar-refractivity contribution in [3.05, 3.63) is 64.7 Å². The van der Waals surface area contributed by atoms with E-state index in [9.17, 15) is 14.9 Å². The molecule has 5 rings (SSSR count). The van der Waals surface area contributed by atoms with Crippen LogP contribution in [0.3, 0.4) is 0 Å². The highest BCUT2D eigenvalue weighted by Gasteiger charge is 2.31. The van der Waals surface area contributed by atoms with Gasteiger partial charge in [0.2, 0.25) is 5.75 Å². The van der Waals surface area contributed by atoms with E-state index in [4.69, 9.17) is 20.3 Å². The third-order valence-corrected chi connectivity index (χ3v) is 6.40. The van der Waals surface area contributed by atoms with E-state index in [0.29, 0.717) is 37.0 Å². The lowest BCUT2D eigenvalue weighted by molar-refractivity contribution is -0.385. The van der Waals surface area contributed by atoms with Gasteiger partial charge in [0.1, 0.15) is 35.0 Å². The van der Waals surface area contributed by atoms with Crippen LogP contribution in [-0.4, -0.2) is 54.4 Å². The molecule has 1 saturated heterocycles. The average molecular weight is 550 g/mol. The summed E-state index contributed by atoms with van der Waals surface area (Å²) in [7, 11) is 0. The molecule has 1 aliphatic heterocycles. The van der Waals surface area contributed by atoms with Gasteiger partial charge in [-0.05, 0) is 51.8 Å². The first-order chi connectivity index (χ1) is 19.0. The highest BCUT2D eigenvalue weighted by molar-refractivity contribution is 5.98. The average Bonchev–Trinajstić information content (AvgIpc) is 3.29. The number of nitrogens with two attached hydrogens (primary N) is 1. The maximum absolute atomic E-state index is 15.5. The Morgan fingerprint density at radius 3 is 2.70 bits per heavy atom. The molecule has 2 aromatic carbocycles. The van der Waals surface area contributed by atoms with Crippen molar-refractivity contribution in [2.45, 2.75) is 45.3 Å². The molecule has 13 heteroatoms. The molecule has 1 aliphatic rings. The summed E-state index contributed by atoms with van der Waals surface area (Å²) in [6.45, 7) is 6.31. The number of ether oxygens (including phenoxy) is 2. The number of benzene rings is 2. The number of carbonyl (C=O) groups excluding carboxylic acids is 1. The Hall–Kier alpha value is -4.81. The summed E-state index contributed by atoms with van der Waals surface area (Å²) < 4.78 is 28.3. The molecule has 40 heavy (non-hydrogen) atoms. The second kappa shape index (κ2) is 10.4. The Morgan fingerprint density at radius 2 is 1.98 bits per heavy atom. The Bertz CT molecular complexity index is 1600. The summed E-state index contributed by atoms with van der Waals surface area (Å²) in [4.78, 5) is 33.6. The van der Waals surface area contributed by atoms with Gasteiger partial charge >= 0.3 is 11.8 Å². The third-order valence-electron chi connectivity index (χ3n) is 6.40. The Balaban J connectivity index is 1.49. The van der Waals surface area contributed by atoms with E-state index in [1.807, 2.05) is 20.8 Å². The SMILES string of the molecule is CC(C)(C)OC(=O)N1CCCC(n2nc(-c3ccc(Oc4ccccc4[N+](=O)[O-])cc3F)c3c(N)ncnc32)C1. The Labute approximate surface area is 228 Å². The molecule has 208 valence electrons. The van der Waals surface area contributed by atoms with Crippen LogP contribution in [-0.2, 0) is 4.74 Å². The standard InChI is InChI=1S/C27H28FN7O5/c1-27(2,3)40-26(36)33-12-6-7-16(14-33)34-25-22(24(29)30-15-31-25)23(32-34)18-11-10-17(13-19(18)28)39-21-9-5-4-8-20(21)35(37)38/h4-5,8-11,13,15-16H,6-7,12,14H2,1-3H3,(H2,29,30,31). The van der Waals surface area contributed by atoms with E-state index in [1.54, 1.807) is 15.6 Å². The third kappa shape index (κ3) is 5.35. The van der Waals surface area contributed by atoms with Crippen molar-refractivity contribution >= 4 is 28.6 Å². The summed E-state index contributed by atoms with van der Waals surface area (Å²) in [6.07, 6.45) is 2.33. The minimum absolute atomic E-state index is 0.0149. The summed E-state index contributed by atoms with van der Waals surface area (Å²) in [5.41, 5.74) is 6.11. The van der Waals surface area contributed by atoms with Gasteiger partial charge < -0.3 is 20.1 Å². The molecule has 3 heterocycles. The minimum Gasteiger partial charge on any atom is -0.450 e. The predicted molar refractivity (Wildman–Crippen MR) is 144 cm³/mol. The van der Waals surface area contributed by atoms with Gasteiger partial charge in [-0.3, -0.25) is 10.1 Å². The van der Waals surface area contributed by atoms with Crippen LogP contribution in [0.5, 0.6) is 11.5 Å². The smallest absolute Gasteiger partial charge is 0.410 e. The van der Waals surface area contributed by atoms with Crippen LogP contribution in [0, 0.1) is 15.9 Å². The number of hydrogen-bond donors (Lipinski definition) is 1. The number of nitro benzene ring substituents is 1. The van der Waals surface area contributed by atoms with Crippen LogP contribution in [0.25, 0.3) is 22.3 Å². The topological polar surface area (TPSA) is 152 Å². The van der Waals surface area contributed by atoms with Gasteiger partial charge in [-0.15, -0.1) is 0 Å². The lowest BCUT2D eigenvalue weighted by Crippen LogP contribution is -2.43. The predicted octanol–water partition coefficient (Wildman–Crippen LogP) is 5.49. The first-order valence-corrected chi connectivity index (χ1v) is 12.7. The number of nitrogen functional groups attached to an aromatic ring is 1. The van der Waals surface area contributed by atoms with Gasteiger partial charge in [-0.2, -0.15) is 5.10 Å². The normalized spacial score (nSPS) is 15.7. The molecule has 1 fully saturated rings. The fourth-order valence-electron chi connectivity index (χ4n) is 4.66. The van der Waals surface area contributed by atoms with E-state index in [0.717, 1.165) is 6.07 Å². The second-order valence-electron chi connectivity index (χ2n) is 10.4. The molecule has 0 aliphatic carbocycles. The fourth-order valence-corrected chi connectivity index (χ4v) is 4.66. The summed E-state index contributed by atoms with van der Waals surface area (Å²) >= 11 is 0. The van der Waals surface area contributed by atoms with Crippen LogP contribution in [0.15, 0.2) is 48.8 Å². The number of hydrogen-bond acceptors (Lipinski definition) is 9. The van der Waals surface area contributed by atoms with Crippen molar-refractivity contribution in [2.75, 3.05) is 18.8 Å². The van der Waals surface area contributed by atoms with Crippen molar-refractivity contribution in [3.63, 3.8) is 0 Å². The number of nitrogens with zero attached hydrogens (tertiary/aromatic N) is 6. The van der Waals surface area contributed by atoms with Gasteiger partial charge in [-0.25, -0.2) is 23.8 Å². The van der Waals surface area contributed by atoms with Gasteiger partial charge in [0, 0.05) is 30.8 Å². The number of rotatable bonds is 5. The number of halogens is 1. The number of amides is 1. The van der Waals surface area contributed by atoms with E-state index in [-0.39, 0.29) is 40.3 Å². The van der Waals surface area contributed by atoms with E-state index < -0.39 is 22.4 Å². The quantitative estimate of drug-likeness (QED) is 0.252. The van der Waals surface area contributed by atoms with Crippen LogP contribution in [0.4, 0.5) is 20.7 Å². The molecule has 2 N–H and O–H groups in total. The summed E-state index contributed by atoms with van der Waals surface area (Å²) in [5.74, 6) is -0.488. The van der Waals surface area contributed by atoms with E-state index in [1.165, 1.54) is 36.7 Å². The maximum Gasteiger partial charge on any atom is 0.410 e. The molecule has 0 spiro atoms. The largest absolute Gasteiger partial charge is 0.450 e. The molecule has 4 aromatic rings. The van der Waals surface area contributed by atoms with Crippen molar-refractivity contribution in [1.82, 2.24) is 24.6 Å². The molecule has 2 aromatic heterocycles. The number of para-hydroxylation sites is 2. The number of fused-ring (bicyclic) bond motifs is 1. The molecular formula is C27H28FN7O5. The fraction of sp³-hybridized carbons (Fsp3) is 0.333. The minimum atomic E-state index is -0.676. The zero-order chi connectivity index (χ0) is 28.6. The van der Waals surface area contributed by atoms with Crippen molar-refractivity contribution in [3.8, 4) is 22.8 Å². The Kier molecular flexibility index (Phi) is 6.96. The second-order valence-corrected chi connectivity index (χ2v) is 10.4. The first kappa shape index (κ1) is 26.8. The zero-order valence-electron chi connectivity index (χ0n) is 22.2. The van der Waals surface area contributed by atoms with Crippen molar-refractivity contribution < 1.29 is 23.6 Å². The molecular weight excluding hydrogens is 521 g/mol. The molecule has 12 nitrogen and oxygen atoms in total. The number of piperidine rings is 1. The molecule has 0 bridgehead atoms. The summed E-state index contributed by atoms with van der Waals surface area (Å²) in [5, 5.41) is 16.4. The maximum atomic E-state index is 15.5. The van der Waals surface area contributed by atoms with Crippen LogP contribution >= 0.6 is 0 Å². The number of anilines is 1. The Morgan fingerprint density at radius 1 is 1.20 bits per heavy atom. The monoisotopic (exact) mass is 549 g/mol. The highest BCUT2D eigenvalue weighted by Crippen LogP contribution is 2.37. The number of carbonyl (C=O) groups is 1. The lowest BCUT2D eigenvalue weighted by atomic mass is 10.1. The van der Waals surface area contributed by atoms with Gasteiger partial charge in [0.25, 0.3) is 0 Å². The summed E-state index contributed by atoms with van der Waals surface area (Å²) in [6, 6.07) is 9.67. The number of nitro groups is 1. The van der Waals surface area contributed by atoms with Gasteiger partial charge in [0.05, 0.1) is 16.4 Å². The molecule has 1 atom stereocenters. The van der Waals surface area contributed by atoms with Gasteiger partial charge in [-0.1, -0.05) is 12.1 Å². The molecule has 0 saturated carbocycles. The van der Waals surface area contributed by atoms with Gasteiger partial charge in [0.15, 0.2) is 5.65 Å². The van der Waals surface area contributed by atoms with Crippen LogP contribution in [0.2, 0.25) is 0 Å². The van der Waals surface area contributed by atoms with E-state index in [2.05, 4.69) is 9.97 Å². The number of likely N-dealkylation sites (tertiary alicyclic amines) is 1. The molecule has 1 unspecified atom stereocenters. The highest BCUT2D eigenvalue weighted by atomic mass is 19.1.